The second-order valence-electron chi connectivity index (χ2n) is 3.80. The van der Waals surface area contributed by atoms with E-state index in [9.17, 15) is 0 Å². The van der Waals surface area contributed by atoms with Crippen LogP contribution in [0.25, 0.3) is 0 Å². The molecule has 2 aromatic rings. The summed E-state index contributed by atoms with van der Waals surface area (Å²) in [6.07, 6.45) is 0. The van der Waals surface area contributed by atoms with Gasteiger partial charge in [-0.05, 0) is 36.4 Å². The van der Waals surface area contributed by atoms with Crippen molar-refractivity contribution in [3.8, 4) is 11.8 Å². The molecule has 1 aromatic carbocycles. The molecular formula is C14H12ClN3O. The van der Waals surface area contributed by atoms with Crippen molar-refractivity contribution in [3.63, 3.8) is 0 Å². The lowest BCUT2D eigenvalue weighted by molar-refractivity contribution is 0.301. The van der Waals surface area contributed by atoms with Gasteiger partial charge in [-0.1, -0.05) is 11.6 Å². The number of benzene rings is 1. The second-order valence-corrected chi connectivity index (χ2v) is 4.21. The molecule has 0 saturated heterocycles. The van der Waals surface area contributed by atoms with Gasteiger partial charge in [-0.3, -0.25) is 0 Å². The highest BCUT2D eigenvalue weighted by Crippen LogP contribution is 2.19. The predicted molar refractivity (Wildman–Crippen MR) is 74.3 cm³/mol. The Bertz CT molecular complexity index is 605. The topological polar surface area (TPSA) is 57.9 Å². The first-order chi connectivity index (χ1) is 9.22. The van der Waals surface area contributed by atoms with Gasteiger partial charge in [0, 0.05) is 7.05 Å². The normalized spacial score (nSPS) is 9.74. The molecule has 0 amide bonds. The van der Waals surface area contributed by atoms with Crippen LogP contribution in [0.4, 0.5) is 5.82 Å². The third kappa shape index (κ3) is 3.36. The average Bonchev–Trinajstić information content (AvgIpc) is 2.47. The Morgan fingerprint density at radius 2 is 2.00 bits per heavy atom. The predicted octanol–water partition coefficient (Wildman–Crippen LogP) is 3.23. The highest BCUT2D eigenvalue weighted by Gasteiger charge is 2.04. The first-order valence-electron chi connectivity index (χ1n) is 5.69. The van der Waals surface area contributed by atoms with Gasteiger partial charge in [-0.25, -0.2) is 4.98 Å². The zero-order valence-electron chi connectivity index (χ0n) is 10.4. The summed E-state index contributed by atoms with van der Waals surface area (Å²) in [6.45, 7) is 0.278. The molecule has 0 aliphatic rings. The molecule has 19 heavy (non-hydrogen) atoms. The second kappa shape index (κ2) is 6.07. The number of hydrogen-bond donors (Lipinski definition) is 1. The molecule has 0 fully saturated rings. The van der Waals surface area contributed by atoms with Gasteiger partial charge in [0.2, 0.25) is 0 Å². The number of halogens is 1. The molecular weight excluding hydrogens is 262 g/mol. The van der Waals surface area contributed by atoms with Crippen molar-refractivity contribution >= 4 is 17.4 Å². The fourth-order valence-electron chi connectivity index (χ4n) is 1.50. The fraction of sp³-hybridized carbons (Fsp3) is 0.143. The van der Waals surface area contributed by atoms with E-state index >= 15 is 0 Å². The molecule has 0 spiro atoms. The third-order valence-corrected chi connectivity index (χ3v) is 2.88. The highest BCUT2D eigenvalue weighted by molar-refractivity contribution is 6.31. The number of nitrogens with zero attached hydrogens (tertiary/aromatic N) is 2. The van der Waals surface area contributed by atoms with Crippen LogP contribution in [0.15, 0.2) is 36.4 Å². The largest absolute Gasteiger partial charge is 0.487 e. The lowest BCUT2D eigenvalue weighted by Gasteiger charge is -2.08. The van der Waals surface area contributed by atoms with Crippen LogP contribution in [0.1, 0.15) is 11.3 Å². The SMILES string of the molecule is CNc1ccc(Cl)c(COc2ccc(C#N)cc2)n1. The number of hydrogen-bond acceptors (Lipinski definition) is 4. The number of anilines is 1. The van der Waals surface area contributed by atoms with Crippen molar-refractivity contribution in [2.24, 2.45) is 0 Å². The smallest absolute Gasteiger partial charge is 0.132 e. The third-order valence-electron chi connectivity index (χ3n) is 2.53. The summed E-state index contributed by atoms with van der Waals surface area (Å²) in [6, 6.07) is 12.5. The maximum Gasteiger partial charge on any atom is 0.132 e. The number of ether oxygens (including phenoxy) is 1. The van der Waals surface area contributed by atoms with Gasteiger partial charge in [-0.15, -0.1) is 0 Å². The quantitative estimate of drug-likeness (QED) is 0.929. The molecule has 0 aliphatic heterocycles. The van der Waals surface area contributed by atoms with Crippen molar-refractivity contribution in [1.29, 1.82) is 5.26 Å². The number of rotatable bonds is 4. The van der Waals surface area contributed by atoms with Crippen molar-refractivity contribution in [1.82, 2.24) is 4.98 Å². The van der Waals surface area contributed by atoms with Crippen molar-refractivity contribution in [2.45, 2.75) is 6.61 Å². The van der Waals surface area contributed by atoms with Crippen molar-refractivity contribution in [2.75, 3.05) is 12.4 Å². The van der Waals surface area contributed by atoms with Gasteiger partial charge in [0.15, 0.2) is 0 Å². The van der Waals surface area contributed by atoms with Crippen LogP contribution in [0.3, 0.4) is 0 Å². The van der Waals surface area contributed by atoms with Crippen molar-refractivity contribution in [3.05, 3.63) is 52.7 Å². The number of nitriles is 1. The van der Waals surface area contributed by atoms with E-state index in [0.29, 0.717) is 22.0 Å². The summed E-state index contributed by atoms with van der Waals surface area (Å²) in [4.78, 5) is 4.32. The maximum absolute atomic E-state index is 8.71. The van der Waals surface area contributed by atoms with Crippen LogP contribution in [0.2, 0.25) is 5.02 Å². The summed E-state index contributed by atoms with van der Waals surface area (Å²) in [7, 11) is 1.79. The molecule has 5 heteroatoms. The number of pyridine rings is 1. The van der Waals surface area contributed by atoms with Gasteiger partial charge < -0.3 is 10.1 Å². The first kappa shape index (κ1) is 13.2. The summed E-state index contributed by atoms with van der Waals surface area (Å²) in [5.41, 5.74) is 1.26. The standard InChI is InChI=1S/C14H12ClN3O/c1-17-14-7-6-12(15)13(18-14)9-19-11-4-2-10(8-16)3-5-11/h2-7H,9H2,1H3,(H,17,18). The summed E-state index contributed by atoms with van der Waals surface area (Å²) in [5.74, 6) is 1.41. The monoisotopic (exact) mass is 273 g/mol. The summed E-state index contributed by atoms with van der Waals surface area (Å²) >= 11 is 6.05. The minimum atomic E-state index is 0.278. The van der Waals surface area contributed by atoms with E-state index in [1.807, 2.05) is 0 Å². The van der Waals surface area contributed by atoms with E-state index in [0.717, 1.165) is 5.82 Å². The first-order valence-corrected chi connectivity index (χ1v) is 6.07. The molecule has 0 bridgehead atoms. The summed E-state index contributed by atoms with van der Waals surface area (Å²) in [5, 5.41) is 12.2. The lowest BCUT2D eigenvalue weighted by atomic mass is 10.2. The Morgan fingerprint density at radius 3 is 2.63 bits per heavy atom. The Morgan fingerprint density at radius 1 is 1.26 bits per heavy atom. The minimum absolute atomic E-state index is 0.278. The van der Waals surface area contributed by atoms with Gasteiger partial charge in [0.05, 0.1) is 22.3 Å². The number of nitrogens with one attached hydrogen (secondary N) is 1. The zero-order valence-corrected chi connectivity index (χ0v) is 11.1. The van der Waals surface area contributed by atoms with Crippen LogP contribution in [-0.4, -0.2) is 12.0 Å². The fourth-order valence-corrected chi connectivity index (χ4v) is 1.66. The van der Waals surface area contributed by atoms with E-state index in [1.54, 1.807) is 43.4 Å². The van der Waals surface area contributed by atoms with Gasteiger partial charge in [0.25, 0.3) is 0 Å². The van der Waals surface area contributed by atoms with E-state index in [-0.39, 0.29) is 6.61 Å². The Kier molecular flexibility index (Phi) is 4.22. The molecule has 1 aromatic heterocycles. The molecule has 1 N–H and O–H groups in total. The van der Waals surface area contributed by atoms with Gasteiger partial charge >= 0.3 is 0 Å². The molecule has 0 saturated carbocycles. The van der Waals surface area contributed by atoms with Gasteiger partial charge in [0.1, 0.15) is 18.2 Å². The molecule has 0 unspecified atom stereocenters. The Balaban J connectivity index is 2.07. The Hall–Kier alpha value is -2.25. The highest BCUT2D eigenvalue weighted by atomic mass is 35.5. The van der Waals surface area contributed by atoms with E-state index < -0.39 is 0 Å². The molecule has 0 aliphatic carbocycles. The van der Waals surface area contributed by atoms with E-state index in [4.69, 9.17) is 21.6 Å². The molecule has 96 valence electrons. The molecule has 2 rings (SSSR count). The number of aromatic nitrogens is 1. The maximum atomic E-state index is 8.71. The zero-order chi connectivity index (χ0) is 13.7. The van der Waals surface area contributed by atoms with E-state index in [1.165, 1.54) is 0 Å². The molecule has 1 heterocycles. The minimum Gasteiger partial charge on any atom is -0.487 e. The molecule has 0 radical (unpaired) electrons. The lowest BCUT2D eigenvalue weighted by Crippen LogP contribution is -2.02. The van der Waals surface area contributed by atoms with Crippen molar-refractivity contribution < 1.29 is 4.74 Å². The molecule has 4 nitrogen and oxygen atoms in total. The van der Waals surface area contributed by atoms with Gasteiger partial charge in [-0.2, -0.15) is 5.26 Å². The Labute approximate surface area is 116 Å². The summed E-state index contributed by atoms with van der Waals surface area (Å²) < 4.78 is 5.59. The van der Waals surface area contributed by atoms with Crippen LogP contribution in [0, 0.1) is 11.3 Å². The van der Waals surface area contributed by atoms with Crippen LogP contribution in [0.5, 0.6) is 5.75 Å². The van der Waals surface area contributed by atoms with Crippen LogP contribution in [-0.2, 0) is 6.61 Å². The van der Waals surface area contributed by atoms with Crippen LogP contribution < -0.4 is 10.1 Å². The van der Waals surface area contributed by atoms with E-state index in [2.05, 4.69) is 16.4 Å². The average molecular weight is 274 g/mol. The van der Waals surface area contributed by atoms with Crippen LogP contribution >= 0.6 is 11.6 Å². The molecule has 0 atom stereocenters.